The highest BCUT2D eigenvalue weighted by Crippen LogP contribution is 2.71. The maximum absolute atomic E-state index is 14.3. The number of carbonyl (C=O) groups excluding carboxylic acids is 3. The Morgan fingerprint density at radius 1 is 0.892 bits per heavy atom. The van der Waals surface area contributed by atoms with Gasteiger partial charge >= 0.3 is 5.97 Å². The van der Waals surface area contributed by atoms with Gasteiger partial charge in [0.1, 0.15) is 6.10 Å². The van der Waals surface area contributed by atoms with Crippen molar-refractivity contribution < 1.29 is 19.1 Å². The second kappa shape index (κ2) is 8.42. The molecule has 4 fully saturated rings. The predicted molar refractivity (Wildman–Crippen MR) is 144 cm³/mol. The lowest BCUT2D eigenvalue weighted by atomic mass is 9.37. The molecule has 0 aromatic carbocycles. The minimum Gasteiger partial charge on any atom is -0.462 e. The third-order valence-electron chi connectivity index (χ3n) is 12.8. The van der Waals surface area contributed by atoms with Crippen molar-refractivity contribution in [2.45, 2.75) is 112 Å². The topological polar surface area (TPSA) is 72.5 Å². The van der Waals surface area contributed by atoms with Gasteiger partial charge in [-0.1, -0.05) is 47.1 Å². The Kier molecular flexibility index (Phi) is 6.13. The summed E-state index contributed by atoms with van der Waals surface area (Å²) in [4.78, 5) is 39.1. The molecule has 0 saturated heterocycles. The number of carbonyl (C=O) groups is 3. The van der Waals surface area contributed by atoms with Crippen molar-refractivity contribution in [1.82, 2.24) is 5.32 Å². The van der Waals surface area contributed by atoms with Crippen LogP contribution < -0.4 is 5.32 Å². The van der Waals surface area contributed by atoms with E-state index in [9.17, 15) is 14.4 Å². The highest BCUT2D eigenvalue weighted by Gasteiger charge is 2.67. The quantitative estimate of drug-likeness (QED) is 0.445. The monoisotopic (exact) mass is 511 g/mol. The molecule has 37 heavy (non-hydrogen) atoms. The van der Waals surface area contributed by atoms with Crippen LogP contribution >= 0.6 is 0 Å². The first kappa shape index (κ1) is 26.9. The number of amides is 1. The summed E-state index contributed by atoms with van der Waals surface area (Å²) in [5.74, 6) is 1.31. The van der Waals surface area contributed by atoms with Crippen LogP contribution in [0, 0.1) is 50.7 Å². The summed E-state index contributed by atoms with van der Waals surface area (Å²) in [7, 11) is 1.75. The predicted octanol–water partition coefficient (Wildman–Crippen LogP) is 6.25. The zero-order valence-corrected chi connectivity index (χ0v) is 24.5. The van der Waals surface area contributed by atoms with Gasteiger partial charge in [0.05, 0.1) is 0 Å². The molecule has 206 valence electrons. The van der Waals surface area contributed by atoms with Gasteiger partial charge in [-0.05, 0) is 97.9 Å². The summed E-state index contributed by atoms with van der Waals surface area (Å²) in [5.41, 5.74) is 0.848. The fourth-order valence-corrected chi connectivity index (χ4v) is 10.8. The molecular formula is C32H49NO4. The number of hydrogen-bond acceptors (Lipinski definition) is 4. The summed E-state index contributed by atoms with van der Waals surface area (Å²) in [6.45, 7) is 15.4. The molecule has 0 aliphatic heterocycles. The fraction of sp³-hybridized carbons (Fsp3) is 0.844. The Balaban J connectivity index is 1.53. The molecule has 5 nitrogen and oxygen atoms in total. The third kappa shape index (κ3) is 3.72. The molecule has 9 atom stereocenters. The first-order valence-corrected chi connectivity index (χ1v) is 14.8. The second-order valence-corrected chi connectivity index (χ2v) is 15.2. The van der Waals surface area contributed by atoms with Crippen LogP contribution in [0.15, 0.2) is 11.6 Å². The Morgan fingerprint density at radius 3 is 2.22 bits per heavy atom. The fourth-order valence-electron chi connectivity index (χ4n) is 10.8. The standard InChI is InChI=1S/C32H49NO4/c1-19(34)37-25-11-14-32(7)24(28(25,2)3)10-13-31(6)21-9-12-29(4)15-16-30(5,27(36)33-8)18-22(29)20(21)17-23(35)26(31)32/h17,21-22,24-26H,9-16,18H2,1-8H3,(H,33,36)/t21?,22-,24-,25-,26-,29-,30-,31-,32-/m0/s1. The van der Waals surface area contributed by atoms with Crippen molar-refractivity contribution in [3.05, 3.63) is 11.6 Å². The number of ether oxygens (including phenoxy) is 1. The van der Waals surface area contributed by atoms with Crippen LogP contribution in [0.3, 0.4) is 0 Å². The van der Waals surface area contributed by atoms with Crippen molar-refractivity contribution in [1.29, 1.82) is 0 Å². The zero-order valence-electron chi connectivity index (χ0n) is 24.5. The molecule has 0 radical (unpaired) electrons. The molecule has 5 rings (SSSR count). The maximum Gasteiger partial charge on any atom is 0.302 e. The van der Waals surface area contributed by atoms with Gasteiger partial charge in [-0.2, -0.15) is 0 Å². The number of esters is 1. The van der Waals surface area contributed by atoms with Crippen LogP contribution in [0.2, 0.25) is 0 Å². The van der Waals surface area contributed by atoms with E-state index in [0.717, 1.165) is 51.4 Å². The van der Waals surface area contributed by atoms with E-state index >= 15 is 0 Å². The number of hydrogen-bond donors (Lipinski definition) is 1. The van der Waals surface area contributed by atoms with Crippen LogP contribution in [0.5, 0.6) is 0 Å². The van der Waals surface area contributed by atoms with E-state index in [1.807, 2.05) is 0 Å². The van der Waals surface area contributed by atoms with E-state index in [1.165, 1.54) is 18.9 Å². The average molecular weight is 512 g/mol. The molecule has 4 saturated carbocycles. The molecule has 0 bridgehead atoms. The second-order valence-electron chi connectivity index (χ2n) is 15.2. The summed E-state index contributed by atoms with van der Waals surface area (Å²) in [5, 5.41) is 2.92. The van der Waals surface area contributed by atoms with E-state index < -0.39 is 0 Å². The van der Waals surface area contributed by atoms with Gasteiger partial charge in [-0.15, -0.1) is 0 Å². The molecule has 0 aromatic rings. The zero-order chi connectivity index (χ0) is 27.2. The maximum atomic E-state index is 14.3. The van der Waals surface area contributed by atoms with Crippen LogP contribution in [0.4, 0.5) is 0 Å². The number of ketones is 1. The average Bonchev–Trinajstić information content (AvgIpc) is 2.80. The van der Waals surface area contributed by atoms with E-state index in [4.69, 9.17) is 4.74 Å². The molecule has 5 heteroatoms. The van der Waals surface area contributed by atoms with E-state index in [1.54, 1.807) is 7.05 Å². The summed E-state index contributed by atoms with van der Waals surface area (Å²) < 4.78 is 5.82. The van der Waals surface area contributed by atoms with Gasteiger partial charge in [-0.3, -0.25) is 14.4 Å². The van der Waals surface area contributed by atoms with E-state index in [2.05, 4.69) is 52.9 Å². The van der Waals surface area contributed by atoms with Gasteiger partial charge in [0.15, 0.2) is 5.78 Å². The van der Waals surface area contributed by atoms with Crippen LogP contribution in [-0.2, 0) is 19.1 Å². The van der Waals surface area contributed by atoms with Gasteiger partial charge in [-0.25, -0.2) is 0 Å². The summed E-state index contributed by atoms with van der Waals surface area (Å²) in [6.07, 6.45) is 11.0. The van der Waals surface area contributed by atoms with Crippen molar-refractivity contribution in [3.8, 4) is 0 Å². The lowest BCUT2D eigenvalue weighted by molar-refractivity contribution is -0.200. The van der Waals surface area contributed by atoms with Gasteiger partial charge in [0, 0.05) is 30.7 Å². The van der Waals surface area contributed by atoms with Crippen LogP contribution in [-0.4, -0.2) is 30.8 Å². The van der Waals surface area contributed by atoms with Gasteiger partial charge in [0.25, 0.3) is 0 Å². The Labute approximate surface area is 223 Å². The summed E-state index contributed by atoms with van der Waals surface area (Å²) >= 11 is 0. The molecule has 1 amide bonds. The Bertz CT molecular complexity index is 1050. The molecule has 0 aromatic heterocycles. The smallest absolute Gasteiger partial charge is 0.302 e. The van der Waals surface area contributed by atoms with E-state index in [-0.39, 0.29) is 51.0 Å². The third-order valence-corrected chi connectivity index (χ3v) is 12.8. The largest absolute Gasteiger partial charge is 0.462 e. The Morgan fingerprint density at radius 2 is 1.57 bits per heavy atom. The van der Waals surface area contributed by atoms with Crippen molar-refractivity contribution in [3.63, 3.8) is 0 Å². The summed E-state index contributed by atoms with van der Waals surface area (Å²) in [6, 6.07) is 0. The molecule has 1 N–H and O–H groups in total. The molecule has 0 spiro atoms. The number of fused-ring (bicyclic) bond motifs is 7. The minimum absolute atomic E-state index is 0.00308. The SMILES string of the molecule is CNC(=O)[C@@]1(C)CC[C@]2(C)CCC3C(=CC(=O)[C@@H]4[C@@]5(C)CC[C@H](OC(C)=O)C(C)(C)[C@@H]5CC[C@@]34C)[C@@H]2C1. The normalized spacial score (nSPS) is 48.4. The lowest BCUT2D eigenvalue weighted by Crippen LogP contribution is -2.64. The highest BCUT2D eigenvalue weighted by atomic mass is 16.5. The molecule has 0 heterocycles. The highest BCUT2D eigenvalue weighted by molar-refractivity contribution is 5.95. The molecule has 1 unspecified atom stereocenters. The van der Waals surface area contributed by atoms with Crippen LogP contribution in [0.25, 0.3) is 0 Å². The van der Waals surface area contributed by atoms with Crippen molar-refractivity contribution >= 4 is 17.7 Å². The number of rotatable bonds is 2. The molecule has 5 aliphatic rings. The van der Waals surface area contributed by atoms with Gasteiger partial charge in [0.2, 0.25) is 5.91 Å². The van der Waals surface area contributed by atoms with Gasteiger partial charge < -0.3 is 10.1 Å². The van der Waals surface area contributed by atoms with Crippen LogP contribution in [0.1, 0.15) is 106 Å². The Hall–Kier alpha value is -1.65. The lowest BCUT2D eigenvalue weighted by Gasteiger charge is -2.67. The van der Waals surface area contributed by atoms with Crippen molar-refractivity contribution in [2.24, 2.45) is 50.7 Å². The minimum atomic E-state index is -0.370. The number of nitrogens with one attached hydrogen (secondary N) is 1. The molecule has 5 aliphatic carbocycles. The molecular weight excluding hydrogens is 462 g/mol. The number of allylic oxidation sites excluding steroid dienone is 2. The first-order valence-electron chi connectivity index (χ1n) is 14.8. The van der Waals surface area contributed by atoms with Crippen molar-refractivity contribution in [2.75, 3.05) is 7.05 Å². The first-order chi connectivity index (χ1) is 17.1. The van der Waals surface area contributed by atoms with E-state index in [0.29, 0.717) is 23.5 Å².